The van der Waals surface area contributed by atoms with Crippen LogP contribution in [0.3, 0.4) is 0 Å². The molecule has 1 amide bonds. The first-order valence-electron chi connectivity index (χ1n) is 7.72. The Balaban J connectivity index is 1.55. The molecule has 2 N–H and O–H groups in total. The van der Waals surface area contributed by atoms with Crippen molar-refractivity contribution in [2.75, 3.05) is 6.54 Å². The molecule has 4 rings (SSSR count). The van der Waals surface area contributed by atoms with Gasteiger partial charge in [-0.15, -0.1) is 0 Å². The van der Waals surface area contributed by atoms with E-state index in [9.17, 15) is 9.59 Å². The van der Waals surface area contributed by atoms with Gasteiger partial charge in [0.15, 0.2) is 11.5 Å². The van der Waals surface area contributed by atoms with Crippen LogP contribution in [0.4, 0.5) is 0 Å². The van der Waals surface area contributed by atoms with E-state index < -0.39 is 0 Å². The Morgan fingerprint density at radius 1 is 1.29 bits per heavy atom. The lowest BCUT2D eigenvalue weighted by Crippen LogP contribution is -2.36. The third-order valence-corrected chi connectivity index (χ3v) is 4.21. The van der Waals surface area contributed by atoms with E-state index in [1.54, 1.807) is 23.2 Å². The fraction of sp³-hybridized carbons (Fsp3) is 0.235. The van der Waals surface area contributed by atoms with E-state index in [1.807, 2.05) is 19.1 Å². The summed E-state index contributed by atoms with van der Waals surface area (Å²) in [5.41, 5.74) is 2.88. The Hall–Kier alpha value is -3.09. The summed E-state index contributed by atoms with van der Waals surface area (Å²) in [5, 5.41) is 6.96. The van der Waals surface area contributed by atoms with Crippen molar-refractivity contribution in [1.29, 1.82) is 0 Å². The maximum absolute atomic E-state index is 12.7. The molecule has 0 aromatic carbocycles. The van der Waals surface area contributed by atoms with E-state index >= 15 is 0 Å². The molecular formula is C17H16N4O3. The quantitative estimate of drug-likeness (QED) is 0.752. The molecule has 0 radical (unpaired) electrons. The molecule has 0 spiro atoms. The highest BCUT2D eigenvalue weighted by Gasteiger charge is 2.24. The number of nitrogens with one attached hydrogen (secondary N) is 2. The van der Waals surface area contributed by atoms with Gasteiger partial charge in [-0.3, -0.25) is 14.7 Å². The van der Waals surface area contributed by atoms with Gasteiger partial charge in [0.1, 0.15) is 11.5 Å². The van der Waals surface area contributed by atoms with Gasteiger partial charge >= 0.3 is 0 Å². The molecular weight excluding hydrogens is 308 g/mol. The number of nitrogens with zero attached hydrogens (tertiary/aromatic N) is 2. The molecule has 0 atom stereocenters. The zero-order valence-electron chi connectivity index (χ0n) is 13.1. The second-order valence-electron chi connectivity index (χ2n) is 5.90. The highest BCUT2D eigenvalue weighted by atomic mass is 16.3. The molecule has 0 bridgehead atoms. The van der Waals surface area contributed by atoms with Crippen molar-refractivity contribution in [3.8, 4) is 11.5 Å². The molecule has 0 saturated heterocycles. The van der Waals surface area contributed by atoms with Crippen molar-refractivity contribution in [2.24, 2.45) is 0 Å². The van der Waals surface area contributed by atoms with Crippen LogP contribution in [-0.4, -0.2) is 32.5 Å². The SMILES string of the molecule is Cc1ccc(-c2cc(C(=O)N3CCc4cc(=O)[nH]cc4C3)n[nH]2)o1. The first-order chi connectivity index (χ1) is 11.6. The first kappa shape index (κ1) is 14.5. The number of aryl methyl sites for hydroxylation is 1. The minimum atomic E-state index is -0.141. The van der Waals surface area contributed by atoms with Crippen LogP contribution in [0.25, 0.3) is 11.5 Å². The third-order valence-electron chi connectivity index (χ3n) is 4.21. The summed E-state index contributed by atoms with van der Waals surface area (Å²) in [6.45, 7) is 2.89. The number of hydrogen-bond donors (Lipinski definition) is 2. The maximum Gasteiger partial charge on any atom is 0.274 e. The topological polar surface area (TPSA) is 95.0 Å². The van der Waals surface area contributed by atoms with E-state index in [0.29, 0.717) is 36.7 Å². The molecule has 7 heteroatoms. The number of carbonyl (C=O) groups excluding carboxylic acids is 1. The lowest BCUT2D eigenvalue weighted by molar-refractivity contribution is 0.0728. The number of aromatic amines is 2. The maximum atomic E-state index is 12.7. The molecule has 0 unspecified atom stereocenters. The molecule has 7 nitrogen and oxygen atoms in total. The predicted octanol–water partition coefficient (Wildman–Crippen LogP) is 1.86. The van der Waals surface area contributed by atoms with E-state index in [2.05, 4.69) is 15.2 Å². The van der Waals surface area contributed by atoms with Gasteiger partial charge in [0.25, 0.3) is 5.91 Å². The van der Waals surface area contributed by atoms with Crippen molar-refractivity contribution >= 4 is 5.91 Å². The summed E-state index contributed by atoms with van der Waals surface area (Å²) in [4.78, 5) is 28.4. The van der Waals surface area contributed by atoms with Gasteiger partial charge in [0.05, 0.1) is 0 Å². The Labute approximate surface area is 137 Å². The minimum absolute atomic E-state index is 0.112. The largest absolute Gasteiger partial charge is 0.460 e. The molecule has 0 aliphatic carbocycles. The van der Waals surface area contributed by atoms with Crippen LogP contribution in [0.5, 0.6) is 0 Å². The fourth-order valence-electron chi connectivity index (χ4n) is 2.94. The summed E-state index contributed by atoms with van der Waals surface area (Å²) in [6, 6.07) is 7.00. The van der Waals surface area contributed by atoms with Crippen LogP contribution in [0.15, 0.2) is 39.7 Å². The summed E-state index contributed by atoms with van der Waals surface area (Å²) in [5.74, 6) is 1.31. The number of aromatic nitrogens is 3. The average Bonchev–Trinajstić information content (AvgIpc) is 3.22. The highest BCUT2D eigenvalue weighted by molar-refractivity contribution is 5.93. The number of pyridine rings is 1. The molecule has 1 aliphatic rings. The number of rotatable bonds is 2. The average molecular weight is 324 g/mol. The molecule has 3 aromatic heterocycles. The van der Waals surface area contributed by atoms with Crippen LogP contribution in [0.2, 0.25) is 0 Å². The monoisotopic (exact) mass is 324 g/mol. The van der Waals surface area contributed by atoms with Crippen LogP contribution in [0, 0.1) is 6.92 Å². The third kappa shape index (κ3) is 2.54. The van der Waals surface area contributed by atoms with Gasteiger partial charge < -0.3 is 14.3 Å². The number of carbonyl (C=O) groups is 1. The zero-order valence-corrected chi connectivity index (χ0v) is 13.1. The summed E-state index contributed by atoms with van der Waals surface area (Å²) in [7, 11) is 0. The number of H-pyrrole nitrogens is 2. The van der Waals surface area contributed by atoms with Crippen LogP contribution in [-0.2, 0) is 13.0 Å². The van der Waals surface area contributed by atoms with Gasteiger partial charge in [-0.25, -0.2) is 0 Å². The first-order valence-corrected chi connectivity index (χ1v) is 7.72. The Morgan fingerprint density at radius 2 is 2.17 bits per heavy atom. The molecule has 122 valence electrons. The Morgan fingerprint density at radius 3 is 2.96 bits per heavy atom. The molecule has 4 heterocycles. The number of hydrogen-bond acceptors (Lipinski definition) is 4. The Kier molecular flexibility index (Phi) is 3.34. The second-order valence-corrected chi connectivity index (χ2v) is 5.90. The van der Waals surface area contributed by atoms with Crippen molar-refractivity contribution < 1.29 is 9.21 Å². The minimum Gasteiger partial charge on any atom is -0.460 e. The predicted molar refractivity (Wildman–Crippen MR) is 86.5 cm³/mol. The van der Waals surface area contributed by atoms with Crippen molar-refractivity contribution in [3.05, 3.63) is 63.4 Å². The highest BCUT2D eigenvalue weighted by Crippen LogP contribution is 2.22. The van der Waals surface area contributed by atoms with Gasteiger partial charge in [-0.2, -0.15) is 5.10 Å². The second kappa shape index (κ2) is 5.52. The van der Waals surface area contributed by atoms with Gasteiger partial charge in [-0.05, 0) is 36.6 Å². The summed E-state index contributed by atoms with van der Waals surface area (Å²) >= 11 is 0. The summed E-state index contributed by atoms with van der Waals surface area (Å²) in [6.07, 6.45) is 2.35. The fourth-order valence-corrected chi connectivity index (χ4v) is 2.94. The molecule has 24 heavy (non-hydrogen) atoms. The lowest BCUT2D eigenvalue weighted by Gasteiger charge is -2.27. The molecule has 3 aromatic rings. The normalized spacial score (nSPS) is 13.8. The molecule has 0 saturated carbocycles. The standard InChI is InChI=1S/C17H16N4O3/c1-10-2-3-15(24-10)13-7-14(20-19-13)17(23)21-5-4-11-6-16(22)18-8-12(11)9-21/h2-3,6-8H,4-5,9H2,1H3,(H,18,22)(H,19,20). The van der Waals surface area contributed by atoms with E-state index in [1.165, 1.54) is 0 Å². The Bertz CT molecular complexity index is 966. The van der Waals surface area contributed by atoms with E-state index in [0.717, 1.165) is 16.9 Å². The number of amides is 1. The smallest absolute Gasteiger partial charge is 0.274 e. The molecule has 0 fully saturated rings. The van der Waals surface area contributed by atoms with Crippen LogP contribution < -0.4 is 5.56 Å². The van der Waals surface area contributed by atoms with Gasteiger partial charge in [0.2, 0.25) is 5.56 Å². The van der Waals surface area contributed by atoms with Crippen molar-refractivity contribution in [1.82, 2.24) is 20.1 Å². The van der Waals surface area contributed by atoms with Crippen molar-refractivity contribution in [3.63, 3.8) is 0 Å². The lowest BCUT2D eigenvalue weighted by atomic mass is 10.0. The zero-order chi connectivity index (χ0) is 16.7. The number of furan rings is 1. The van der Waals surface area contributed by atoms with Crippen LogP contribution >= 0.6 is 0 Å². The van der Waals surface area contributed by atoms with E-state index in [4.69, 9.17) is 4.42 Å². The van der Waals surface area contributed by atoms with Crippen molar-refractivity contribution in [2.45, 2.75) is 19.9 Å². The summed E-state index contributed by atoms with van der Waals surface area (Å²) < 4.78 is 5.54. The van der Waals surface area contributed by atoms with Gasteiger partial charge in [-0.1, -0.05) is 0 Å². The molecule has 1 aliphatic heterocycles. The van der Waals surface area contributed by atoms with E-state index in [-0.39, 0.29) is 11.5 Å². The van der Waals surface area contributed by atoms with Crippen LogP contribution in [0.1, 0.15) is 27.4 Å². The van der Waals surface area contributed by atoms with Gasteiger partial charge in [0, 0.05) is 31.4 Å². The number of fused-ring (bicyclic) bond motifs is 1.